The molecule has 6 aromatic rings. The Labute approximate surface area is 422 Å². The molecule has 1 aliphatic rings. The van der Waals surface area contributed by atoms with Crippen molar-refractivity contribution in [3.63, 3.8) is 0 Å². The van der Waals surface area contributed by atoms with Crippen molar-refractivity contribution in [2.24, 2.45) is 5.41 Å². The zero-order valence-corrected chi connectivity index (χ0v) is 43.2. The van der Waals surface area contributed by atoms with Gasteiger partial charge in [0.2, 0.25) is 17.7 Å². The summed E-state index contributed by atoms with van der Waals surface area (Å²) in [5, 5.41) is 37.9. The molecule has 3 heterocycles. The fraction of sp³-hybridized carbons (Fsp3) is 0.439. The average Bonchev–Trinajstić information content (AvgIpc) is 4.04. The van der Waals surface area contributed by atoms with E-state index in [2.05, 4.69) is 51.1 Å². The van der Waals surface area contributed by atoms with E-state index in [4.69, 9.17) is 4.74 Å². The Hall–Kier alpha value is -6.22. The van der Waals surface area contributed by atoms with Crippen LogP contribution >= 0.6 is 11.3 Å². The van der Waals surface area contributed by atoms with Gasteiger partial charge in [0.25, 0.3) is 0 Å². The lowest BCUT2D eigenvalue weighted by Gasteiger charge is -2.35. The summed E-state index contributed by atoms with van der Waals surface area (Å²) in [5.74, 6) is 0.376. The lowest BCUT2D eigenvalue weighted by atomic mass is 9.85. The van der Waals surface area contributed by atoms with E-state index in [0.29, 0.717) is 26.0 Å². The summed E-state index contributed by atoms with van der Waals surface area (Å²) in [6.45, 7) is 17.7. The number of thiazole rings is 1. The number of hydrogen-bond donors (Lipinski definition) is 5. The Morgan fingerprint density at radius 3 is 2.21 bits per heavy atom. The number of nitrogens with one attached hydrogen (secondary N) is 2. The number of carbonyl (C=O) groups is 3. The third kappa shape index (κ3) is 13.4. The number of aromatic nitrogens is 2. The number of rotatable bonds is 22. The first-order valence-electron chi connectivity index (χ1n) is 25.1. The van der Waals surface area contributed by atoms with Crippen LogP contribution in [0.3, 0.4) is 0 Å². The zero-order chi connectivity index (χ0) is 50.8. The molecular formula is C57H72N6O7S. The Bertz CT molecular complexity index is 2730. The van der Waals surface area contributed by atoms with Crippen LogP contribution in [-0.2, 0) is 20.9 Å². The lowest BCUT2D eigenvalue weighted by Crippen LogP contribution is -2.57. The van der Waals surface area contributed by atoms with Gasteiger partial charge in [-0.1, -0.05) is 83.4 Å². The Kier molecular flexibility index (Phi) is 17.6. The van der Waals surface area contributed by atoms with Crippen LogP contribution in [-0.4, -0.2) is 103 Å². The quantitative estimate of drug-likeness (QED) is 0.0416. The van der Waals surface area contributed by atoms with E-state index < -0.39 is 23.6 Å². The van der Waals surface area contributed by atoms with Crippen molar-refractivity contribution in [2.45, 2.75) is 124 Å². The van der Waals surface area contributed by atoms with E-state index in [9.17, 15) is 29.7 Å². The maximum Gasteiger partial charge on any atom is 0.246 e. The van der Waals surface area contributed by atoms with Crippen LogP contribution in [0.2, 0.25) is 0 Å². The molecule has 1 fully saturated rings. The number of likely N-dealkylation sites (N-methyl/N-ethyl adjacent to an activating group) is 1. The van der Waals surface area contributed by atoms with Crippen molar-refractivity contribution in [1.29, 1.82) is 0 Å². The molecule has 13 nitrogen and oxygen atoms in total. The summed E-state index contributed by atoms with van der Waals surface area (Å²) in [4.78, 5) is 50.4. The molecule has 1 saturated heterocycles. The standard InChI is InChI=1S/C57H72N6O7S/c1-8-61(30-31-70-47-26-15-40(16-27-47)34-62-49-28-25-45(65)32-48(49)37(2)52(62)42-21-23-44(64)24-22-42)29-13-11-9-10-12-14-51(67)60-54(57(5,6)7)56(69)63-35-46(66)33-50(63)55(68)59-38(3)41-17-19-43(20-18-41)53-39(4)58-36-71-53/h15-28,32,36,38,46,50,54,64-66H,8-14,29-31,33-35H2,1-7H3,(H,59,68)(H,60,67)/t38-,46+,50-,54?/m0/s1. The van der Waals surface area contributed by atoms with E-state index in [-0.39, 0.29) is 48.2 Å². The Balaban J connectivity index is 0.810. The van der Waals surface area contributed by atoms with Crippen molar-refractivity contribution in [3.05, 3.63) is 119 Å². The van der Waals surface area contributed by atoms with Crippen molar-refractivity contribution < 1.29 is 34.4 Å². The molecule has 378 valence electrons. The van der Waals surface area contributed by atoms with Gasteiger partial charge < -0.3 is 45.1 Å². The van der Waals surface area contributed by atoms with Crippen LogP contribution in [0.5, 0.6) is 17.2 Å². The third-order valence-electron chi connectivity index (χ3n) is 13.8. The van der Waals surface area contributed by atoms with Crippen LogP contribution in [0, 0.1) is 19.3 Å². The van der Waals surface area contributed by atoms with Crippen molar-refractivity contribution in [1.82, 2.24) is 30.0 Å². The zero-order valence-electron chi connectivity index (χ0n) is 42.4. The minimum absolute atomic E-state index is 0.0288. The maximum absolute atomic E-state index is 14.1. The molecule has 5 N–H and O–H groups in total. The average molecular weight is 985 g/mol. The van der Waals surface area contributed by atoms with Gasteiger partial charge >= 0.3 is 0 Å². The van der Waals surface area contributed by atoms with E-state index in [1.165, 1.54) is 4.90 Å². The topological polar surface area (TPSA) is 169 Å². The number of likely N-dealkylation sites (tertiary alicyclic amines) is 1. The van der Waals surface area contributed by atoms with Gasteiger partial charge in [-0.2, -0.15) is 0 Å². The van der Waals surface area contributed by atoms with Crippen molar-refractivity contribution in [2.75, 3.05) is 32.8 Å². The predicted octanol–water partition coefficient (Wildman–Crippen LogP) is 9.92. The second kappa shape index (κ2) is 23.8. The SMILES string of the molecule is CCN(CCCCCCCC(=O)NC(C(=O)N1C[C@H](O)C[C@H]1C(=O)N[C@@H](C)c1ccc(-c2scnc2C)cc1)C(C)(C)C)CCOc1ccc(Cn2c(-c3ccc(O)cc3)c(C)c3cc(O)ccc32)cc1. The van der Waals surface area contributed by atoms with Crippen LogP contribution in [0.15, 0.2) is 96.5 Å². The highest BCUT2D eigenvalue weighted by Gasteiger charge is 2.44. The second-order valence-corrected chi connectivity index (χ2v) is 21.0. The number of phenolic OH excluding ortho intramolecular Hbond substituents is 2. The summed E-state index contributed by atoms with van der Waals surface area (Å²) in [7, 11) is 0. The normalized spacial score (nSPS) is 15.8. The predicted molar refractivity (Wildman–Crippen MR) is 283 cm³/mol. The fourth-order valence-corrected chi connectivity index (χ4v) is 10.5. The lowest BCUT2D eigenvalue weighted by molar-refractivity contribution is -0.144. The number of hydrogen-bond acceptors (Lipinski definition) is 10. The van der Waals surface area contributed by atoms with Crippen LogP contribution in [0.25, 0.3) is 32.6 Å². The highest BCUT2D eigenvalue weighted by Crippen LogP contribution is 2.37. The number of benzene rings is 4. The summed E-state index contributed by atoms with van der Waals surface area (Å²) in [5.41, 5.74) is 9.40. The molecule has 4 atom stereocenters. The highest BCUT2D eigenvalue weighted by atomic mass is 32.1. The number of phenols is 2. The van der Waals surface area contributed by atoms with E-state index >= 15 is 0 Å². The molecule has 0 radical (unpaired) electrons. The number of fused-ring (bicyclic) bond motifs is 1. The molecule has 3 amide bonds. The molecular weight excluding hydrogens is 913 g/mol. The number of aliphatic hydroxyl groups is 1. The van der Waals surface area contributed by atoms with Gasteiger partial charge in [0.05, 0.1) is 33.9 Å². The molecule has 14 heteroatoms. The largest absolute Gasteiger partial charge is 0.508 e. The first kappa shape index (κ1) is 52.6. The van der Waals surface area contributed by atoms with E-state index in [1.807, 2.05) is 94.7 Å². The third-order valence-corrected chi connectivity index (χ3v) is 14.7. The number of carbonyl (C=O) groups excluding carboxylic acids is 3. The molecule has 0 spiro atoms. The summed E-state index contributed by atoms with van der Waals surface area (Å²) < 4.78 is 8.44. The van der Waals surface area contributed by atoms with Gasteiger partial charge in [0.1, 0.15) is 35.9 Å². The van der Waals surface area contributed by atoms with Crippen LogP contribution in [0.4, 0.5) is 0 Å². The molecule has 0 aliphatic carbocycles. The number of unbranched alkanes of at least 4 members (excludes halogenated alkanes) is 4. The number of nitrogens with zero attached hydrogens (tertiary/aromatic N) is 4. The molecule has 2 aromatic heterocycles. The monoisotopic (exact) mass is 985 g/mol. The number of β-amino-alcohol motifs (C(OH)–C–C–N with tert-alkyl or cyclic N) is 1. The summed E-state index contributed by atoms with van der Waals surface area (Å²) >= 11 is 1.59. The van der Waals surface area contributed by atoms with Gasteiger partial charge in [0, 0.05) is 43.4 Å². The summed E-state index contributed by atoms with van der Waals surface area (Å²) in [6.07, 6.45) is 4.31. The van der Waals surface area contributed by atoms with Gasteiger partial charge in [-0.05, 0) is 135 Å². The van der Waals surface area contributed by atoms with Gasteiger partial charge in [-0.3, -0.25) is 14.4 Å². The molecule has 71 heavy (non-hydrogen) atoms. The number of aliphatic hydroxyl groups excluding tert-OH is 1. The van der Waals surface area contributed by atoms with Gasteiger partial charge in [-0.15, -0.1) is 11.3 Å². The van der Waals surface area contributed by atoms with Gasteiger partial charge in [-0.25, -0.2) is 4.98 Å². The van der Waals surface area contributed by atoms with Crippen molar-refractivity contribution >= 4 is 40.0 Å². The van der Waals surface area contributed by atoms with E-state index in [0.717, 1.165) is 106 Å². The molecule has 1 aliphatic heterocycles. The second-order valence-electron chi connectivity index (χ2n) is 20.1. The molecule has 4 aromatic carbocycles. The van der Waals surface area contributed by atoms with Gasteiger partial charge in [0.15, 0.2) is 0 Å². The fourth-order valence-electron chi connectivity index (χ4n) is 9.66. The molecule has 1 unspecified atom stereocenters. The summed E-state index contributed by atoms with van der Waals surface area (Å²) in [6, 6.07) is 26.9. The van der Waals surface area contributed by atoms with Crippen molar-refractivity contribution in [3.8, 4) is 38.9 Å². The number of ether oxygens (including phenoxy) is 1. The van der Waals surface area contributed by atoms with E-state index in [1.54, 1.807) is 35.6 Å². The molecule has 7 rings (SSSR count). The Morgan fingerprint density at radius 2 is 1.54 bits per heavy atom. The maximum atomic E-state index is 14.1. The smallest absolute Gasteiger partial charge is 0.246 e. The van der Waals surface area contributed by atoms with Crippen LogP contribution < -0.4 is 15.4 Å². The van der Waals surface area contributed by atoms with Crippen LogP contribution in [0.1, 0.15) is 108 Å². The Morgan fingerprint density at radius 1 is 0.859 bits per heavy atom. The highest BCUT2D eigenvalue weighted by molar-refractivity contribution is 7.13. The first-order chi connectivity index (χ1) is 34.0. The number of aryl methyl sites for hydroxylation is 2. The molecule has 0 bridgehead atoms. The molecule has 0 saturated carbocycles. The minimum Gasteiger partial charge on any atom is -0.508 e. The minimum atomic E-state index is -0.857. The number of amides is 3. The number of aromatic hydroxyl groups is 2. The first-order valence-corrected chi connectivity index (χ1v) is 26.0.